The molecule has 0 saturated heterocycles. The van der Waals surface area contributed by atoms with E-state index in [1.807, 2.05) is 0 Å². The molecule has 2 aromatic heterocycles. The lowest BCUT2D eigenvalue weighted by Gasteiger charge is -2.19. The number of H-pyrrole nitrogens is 1. The summed E-state index contributed by atoms with van der Waals surface area (Å²) in [6, 6.07) is 9.86. The van der Waals surface area contributed by atoms with Crippen molar-refractivity contribution in [3.05, 3.63) is 54.6 Å². The third-order valence-electron chi connectivity index (χ3n) is 3.47. The van der Waals surface area contributed by atoms with Crippen molar-refractivity contribution in [1.29, 1.82) is 0 Å². The number of rotatable bonds is 3. The lowest BCUT2D eigenvalue weighted by atomic mass is 10.0. The molecule has 2 heterocycles. The molecule has 0 radical (unpaired) electrons. The van der Waals surface area contributed by atoms with E-state index in [2.05, 4.69) is 20.5 Å². The van der Waals surface area contributed by atoms with Gasteiger partial charge in [-0.25, -0.2) is 14.2 Å². The predicted molar refractivity (Wildman–Crippen MR) is 97.1 cm³/mol. The molecule has 3 aromatic rings. The Labute approximate surface area is 150 Å². The number of aromatic amines is 1. The molecule has 134 valence electrons. The third kappa shape index (κ3) is 4.05. The van der Waals surface area contributed by atoms with Gasteiger partial charge in [-0.1, -0.05) is 12.1 Å². The Morgan fingerprint density at radius 1 is 1.19 bits per heavy atom. The predicted octanol–water partition coefficient (Wildman–Crippen LogP) is 4.62. The minimum atomic E-state index is -0.607. The molecular weight excluding hydrogens is 335 g/mol. The number of nitrogens with zero attached hydrogens (tertiary/aromatic N) is 2. The molecule has 0 saturated carbocycles. The molecule has 3 rings (SSSR count). The Kier molecular flexibility index (Phi) is 4.71. The highest BCUT2D eigenvalue weighted by atomic mass is 19.1. The average molecular weight is 354 g/mol. The smallest absolute Gasteiger partial charge is 0.413 e. The van der Waals surface area contributed by atoms with E-state index in [0.29, 0.717) is 22.6 Å². The van der Waals surface area contributed by atoms with Gasteiger partial charge in [0.1, 0.15) is 22.9 Å². The summed E-state index contributed by atoms with van der Waals surface area (Å²) in [5.74, 6) is -0.0283. The lowest BCUT2D eigenvalue weighted by molar-refractivity contribution is 0.0635. The Morgan fingerprint density at radius 3 is 2.69 bits per heavy atom. The number of amides is 1. The maximum atomic E-state index is 14.1. The highest BCUT2D eigenvalue weighted by Crippen LogP contribution is 2.32. The first-order valence-corrected chi connectivity index (χ1v) is 8.08. The van der Waals surface area contributed by atoms with Gasteiger partial charge in [0.2, 0.25) is 0 Å². The molecule has 7 heteroatoms. The molecule has 0 fully saturated rings. The van der Waals surface area contributed by atoms with E-state index in [-0.39, 0.29) is 5.82 Å². The van der Waals surface area contributed by atoms with E-state index in [4.69, 9.17) is 4.74 Å². The normalized spacial score (nSPS) is 11.2. The standard InChI is InChI=1S/C19H19FN4O2/c1-19(2,3)26-18(25)23-16-10-12(8-9-21-16)14-11-22-24-17(14)13-6-4-5-7-15(13)20/h4-11H,1-3H3,(H,22,24)(H,21,23,25). The minimum absolute atomic E-state index is 0.331. The van der Waals surface area contributed by atoms with Gasteiger partial charge in [-0.15, -0.1) is 0 Å². The molecule has 2 N–H and O–H groups in total. The van der Waals surface area contributed by atoms with Crippen LogP contribution in [-0.2, 0) is 4.74 Å². The monoisotopic (exact) mass is 354 g/mol. The molecule has 1 amide bonds. The van der Waals surface area contributed by atoms with Gasteiger partial charge in [-0.05, 0) is 50.6 Å². The van der Waals surface area contributed by atoms with Gasteiger partial charge in [0.25, 0.3) is 0 Å². The van der Waals surface area contributed by atoms with Crippen molar-refractivity contribution in [2.45, 2.75) is 26.4 Å². The Bertz CT molecular complexity index is 931. The third-order valence-corrected chi connectivity index (χ3v) is 3.47. The van der Waals surface area contributed by atoms with Crippen molar-refractivity contribution in [2.24, 2.45) is 0 Å². The van der Waals surface area contributed by atoms with E-state index >= 15 is 0 Å². The van der Waals surface area contributed by atoms with Crippen LogP contribution in [-0.4, -0.2) is 26.9 Å². The van der Waals surface area contributed by atoms with Crippen molar-refractivity contribution in [3.63, 3.8) is 0 Å². The summed E-state index contributed by atoms with van der Waals surface area (Å²) < 4.78 is 19.3. The Morgan fingerprint density at radius 2 is 1.96 bits per heavy atom. The zero-order chi connectivity index (χ0) is 18.7. The van der Waals surface area contributed by atoms with Crippen LogP contribution in [0.1, 0.15) is 20.8 Å². The van der Waals surface area contributed by atoms with E-state index in [1.165, 1.54) is 6.07 Å². The fraction of sp³-hybridized carbons (Fsp3) is 0.211. The molecule has 0 spiro atoms. The summed E-state index contributed by atoms with van der Waals surface area (Å²) in [6.07, 6.45) is 2.64. The Balaban J connectivity index is 1.90. The van der Waals surface area contributed by atoms with Gasteiger partial charge < -0.3 is 4.74 Å². The van der Waals surface area contributed by atoms with Crippen LogP contribution in [0.4, 0.5) is 15.0 Å². The molecule has 0 aliphatic heterocycles. The second-order valence-electron chi connectivity index (χ2n) is 6.68. The molecule has 6 nitrogen and oxygen atoms in total. The zero-order valence-corrected chi connectivity index (χ0v) is 14.7. The number of aromatic nitrogens is 3. The van der Waals surface area contributed by atoms with Crippen LogP contribution in [0.5, 0.6) is 0 Å². The molecule has 26 heavy (non-hydrogen) atoms. The van der Waals surface area contributed by atoms with Crippen molar-refractivity contribution in [1.82, 2.24) is 15.2 Å². The van der Waals surface area contributed by atoms with Gasteiger partial charge in [0, 0.05) is 23.5 Å². The fourth-order valence-corrected chi connectivity index (χ4v) is 2.44. The van der Waals surface area contributed by atoms with Crippen LogP contribution < -0.4 is 5.32 Å². The van der Waals surface area contributed by atoms with Gasteiger partial charge in [-0.3, -0.25) is 10.4 Å². The summed E-state index contributed by atoms with van der Waals surface area (Å²) >= 11 is 0. The quantitative estimate of drug-likeness (QED) is 0.719. The number of carbonyl (C=O) groups is 1. The molecule has 1 aromatic carbocycles. The Hall–Kier alpha value is -3.22. The highest BCUT2D eigenvalue weighted by Gasteiger charge is 2.18. The average Bonchev–Trinajstić information content (AvgIpc) is 3.03. The van der Waals surface area contributed by atoms with E-state index in [9.17, 15) is 9.18 Å². The number of hydrogen-bond acceptors (Lipinski definition) is 4. The number of carbonyl (C=O) groups excluding carboxylic acids is 1. The molecule has 0 aliphatic rings. The summed E-state index contributed by atoms with van der Waals surface area (Å²) in [7, 11) is 0. The number of hydrogen-bond donors (Lipinski definition) is 2. The molecule has 0 bridgehead atoms. The lowest BCUT2D eigenvalue weighted by Crippen LogP contribution is -2.27. The van der Waals surface area contributed by atoms with Crippen LogP contribution in [0.15, 0.2) is 48.8 Å². The van der Waals surface area contributed by atoms with Crippen LogP contribution in [0.25, 0.3) is 22.4 Å². The van der Waals surface area contributed by atoms with Crippen LogP contribution >= 0.6 is 0 Å². The topological polar surface area (TPSA) is 79.9 Å². The maximum Gasteiger partial charge on any atom is 0.413 e. The van der Waals surface area contributed by atoms with Gasteiger partial charge in [0.15, 0.2) is 0 Å². The van der Waals surface area contributed by atoms with Crippen molar-refractivity contribution in [3.8, 4) is 22.4 Å². The summed E-state index contributed by atoms with van der Waals surface area (Å²) in [5.41, 5.74) is 1.70. The van der Waals surface area contributed by atoms with Crippen LogP contribution in [0.3, 0.4) is 0 Å². The summed E-state index contributed by atoms with van der Waals surface area (Å²) in [4.78, 5) is 16.0. The number of pyridine rings is 1. The molecule has 0 atom stereocenters. The van der Waals surface area contributed by atoms with Crippen LogP contribution in [0.2, 0.25) is 0 Å². The highest BCUT2D eigenvalue weighted by molar-refractivity contribution is 5.86. The van der Waals surface area contributed by atoms with Crippen molar-refractivity contribution < 1.29 is 13.9 Å². The molecule has 0 aliphatic carbocycles. The largest absolute Gasteiger partial charge is 0.444 e. The van der Waals surface area contributed by atoms with Gasteiger partial charge >= 0.3 is 6.09 Å². The van der Waals surface area contributed by atoms with Crippen molar-refractivity contribution in [2.75, 3.05) is 5.32 Å². The van der Waals surface area contributed by atoms with E-state index in [0.717, 1.165) is 5.56 Å². The zero-order valence-electron chi connectivity index (χ0n) is 14.7. The summed E-state index contributed by atoms with van der Waals surface area (Å²) in [5, 5.41) is 9.52. The van der Waals surface area contributed by atoms with Gasteiger partial charge in [-0.2, -0.15) is 5.10 Å². The maximum absolute atomic E-state index is 14.1. The second-order valence-corrected chi connectivity index (χ2v) is 6.68. The van der Waals surface area contributed by atoms with Crippen LogP contribution in [0, 0.1) is 5.82 Å². The number of ether oxygens (including phenoxy) is 1. The second kappa shape index (κ2) is 6.95. The first-order valence-electron chi connectivity index (χ1n) is 8.08. The number of benzene rings is 1. The first kappa shape index (κ1) is 17.6. The first-order chi connectivity index (χ1) is 12.3. The van der Waals surface area contributed by atoms with E-state index < -0.39 is 11.7 Å². The number of halogens is 1. The van der Waals surface area contributed by atoms with E-state index in [1.54, 1.807) is 63.5 Å². The molecule has 0 unspecified atom stereocenters. The SMILES string of the molecule is CC(C)(C)OC(=O)Nc1cc(-c2c[nH]nc2-c2ccccc2F)ccn1. The minimum Gasteiger partial charge on any atom is -0.444 e. The number of anilines is 1. The van der Waals surface area contributed by atoms with Crippen molar-refractivity contribution >= 4 is 11.9 Å². The number of nitrogens with one attached hydrogen (secondary N) is 2. The fourth-order valence-electron chi connectivity index (χ4n) is 2.44. The summed E-state index contributed by atoms with van der Waals surface area (Å²) in [6.45, 7) is 5.34. The van der Waals surface area contributed by atoms with Gasteiger partial charge in [0.05, 0.1) is 0 Å². The molecular formula is C19H19FN4O2.